The first-order chi connectivity index (χ1) is 16.9. The molecule has 7 nitrogen and oxygen atoms in total. The van der Waals surface area contributed by atoms with Gasteiger partial charge in [0.2, 0.25) is 0 Å². The number of fused-ring (bicyclic) bond motifs is 1. The lowest BCUT2D eigenvalue weighted by Crippen LogP contribution is -2.34. The van der Waals surface area contributed by atoms with Crippen molar-refractivity contribution in [3.8, 4) is 23.0 Å². The van der Waals surface area contributed by atoms with E-state index in [4.69, 9.17) is 26.4 Å². The summed E-state index contributed by atoms with van der Waals surface area (Å²) in [7, 11) is 3.17. The number of nitrogens with one attached hydrogen (secondary N) is 2. The molecule has 0 atom stereocenters. The van der Waals surface area contributed by atoms with Crippen LogP contribution < -0.4 is 24.8 Å². The number of nitrogens with zero attached hydrogens (tertiary/aromatic N) is 1. The lowest BCUT2D eigenvalue weighted by atomic mass is 10.1. The van der Waals surface area contributed by atoms with Crippen molar-refractivity contribution in [2.45, 2.75) is 13.8 Å². The molecular weight excluding hydrogens is 462 g/mol. The van der Waals surface area contributed by atoms with Crippen LogP contribution in [0.5, 0.6) is 23.0 Å². The molecule has 0 spiro atoms. The third-order valence-corrected chi connectivity index (χ3v) is 5.60. The van der Waals surface area contributed by atoms with Gasteiger partial charge in [0.05, 0.1) is 19.7 Å². The van der Waals surface area contributed by atoms with E-state index < -0.39 is 0 Å². The summed E-state index contributed by atoms with van der Waals surface area (Å²) in [6.07, 6.45) is 1.68. The molecular formula is C27H25N3O4S. The van der Waals surface area contributed by atoms with Crippen LogP contribution >= 0.6 is 12.2 Å². The highest BCUT2D eigenvalue weighted by Crippen LogP contribution is 2.37. The number of thiocarbonyl (C=S) groups is 1. The molecule has 4 aromatic rings. The summed E-state index contributed by atoms with van der Waals surface area (Å²) in [5, 5.41) is 6.75. The van der Waals surface area contributed by atoms with Crippen LogP contribution in [0, 0.1) is 13.8 Å². The Balaban J connectivity index is 1.44. The summed E-state index contributed by atoms with van der Waals surface area (Å²) in [4.78, 5) is 16.9. The molecule has 35 heavy (non-hydrogen) atoms. The Bertz CT molecular complexity index is 1400. The standard InChI is InChI=1S/C27H25N3O4S/c1-16-5-10-20(17(2)13-16)26(31)30-27(35)29-18-6-8-19(9-7-18)34-23-11-12-28-22-15-25(33-4)24(32-3)14-21(22)23/h5-15H,1-4H3,(H2,29,30,31,35). The summed E-state index contributed by atoms with van der Waals surface area (Å²) < 4.78 is 16.9. The molecule has 1 amide bonds. The SMILES string of the molecule is COc1cc2nccc(Oc3ccc(NC(=S)NC(=O)c4ccc(C)cc4C)cc3)c2cc1OC. The van der Waals surface area contributed by atoms with E-state index in [1.165, 1.54) is 0 Å². The number of hydrogen-bond acceptors (Lipinski definition) is 6. The number of rotatable bonds is 6. The third-order valence-electron chi connectivity index (χ3n) is 5.40. The van der Waals surface area contributed by atoms with Crippen LogP contribution in [-0.4, -0.2) is 30.2 Å². The number of aromatic nitrogens is 1. The Kier molecular flexibility index (Phi) is 7.12. The van der Waals surface area contributed by atoms with Gasteiger partial charge in [0.25, 0.3) is 5.91 Å². The predicted octanol–water partition coefficient (Wildman–Crippen LogP) is 5.79. The number of ether oxygens (including phenoxy) is 3. The summed E-state index contributed by atoms with van der Waals surface area (Å²) in [6.45, 7) is 3.88. The van der Waals surface area contributed by atoms with E-state index >= 15 is 0 Å². The molecule has 0 unspecified atom stereocenters. The van der Waals surface area contributed by atoms with Crippen molar-refractivity contribution >= 4 is 39.8 Å². The van der Waals surface area contributed by atoms with Crippen LogP contribution in [-0.2, 0) is 0 Å². The maximum absolute atomic E-state index is 12.5. The second-order valence-corrected chi connectivity index (χ2v) is 8.29. The molecule has 2 N–H and O–H groups in total. The molecule has 178 valence electrons. The van der Waals surface area contributed by atoms with Crippen LogP contribution in [0.2, 0.25) is 0 Å². The summed E-state index contributed by atoms with van der Waals surface area (Å²) in [5.41, 5.74) is 4.02. The molecule has 0 aliphatic carbocycles. The second kappa shape index (κ2) is 10.4. The first-order valence-electron chi connectivity index (χ1n) is 10.9. The fourth-order valence-corrected chi connectivity index (χ4v) is 3.88. The van der Waals surface area contributed by atoms with Gasteiger partial charge in [-0.05, 0) is 74.1 Å². The molecule has 0 aliphatic rings. The molecule has 3 aromatic carbocycles. The predicted molar refractivity (Wildman–Crippen MR) is 141 cm³/mol. The average molecular weight is 488 g/mol. The topological polar surface area (TPSA) is 81.7 Å². The number of carbonyl (C=O) groups is 1. The molecule has 1 heterocycles. The van der Waals surface area contributed by atoms with Crippen LogP contribution in [0.1, 0.15) is 21.5 Å². The zero-order valence-corrected chi connectivity index (χ0v) is 20.7. The van der Waals surface area contributed by atoms with Crippen LogP contribution in [0.25, 0.3) is 10.9 Å². The fraction of sp³-hybridized carbons (Fsp3) is 0.148. The maximum Gasteiger partial charge on any atom is 0.257 e. The molecule has 0 aliphatic heterocycles. The smallest absolute Gasteiger partial charge is 0.257 e. The minimum Gasteiger partial charge on any atom is -0.493 e. The first kappa shape index (κ1) is 24.0. The van der Waals surface area contributed by atoms with Crippen LogP contribution in [0.3, 0.4) is 0 Å². The van der Waals surface area contributed by atoms with Gasteiger partial charge >= 0.3 is 0 Å². The van der Waals surface area contributed by atoms with E-state index in [1.54, 1.807) is 38.6 Å². The van der Waals surface area contributed by atoms with Gasteiger partial charge in [-0.25, -0.2) is 0 Å². The van der Waals surface area contributed by atoms with Gasteiger partial charge < -0.3 is 19.5 Å². The molecule has 8 heteroatoms. The van der Waals surface area contributed by atoms with Gasteiger partial charge in [-0.2, -0.15) is 0 Å². The number of pyridine rings is 1. The minimum absolute atomic E-state index is 0.213. The molecule has 0 fully saturated rings. The van der Waals surface area contributed by atoms with Gasteiger partial charge in [0.15, 0.2) is 16.6 Å². The average Bonchev–Trinajstić information content (AvgIpc) is 2.84. The molecule has 0 radical (unpaired) electrons. The number of carbonyl (C=O) groups excluding carboxylic acids is 1. The minimum atomic E-state index is -0.253. The molecule has 1 aromatic heterocycles. The Morgan fingerprint density at radius 3 is 2.29 bits per heavy atom. The van der Waals surface area contributed by atoms with Crippen molar-refractivity contribution < 1.29 is 19.0 Å². The van der Waals surface area contributed by atoms with Crippen molar-refractivity contribution in [1.82, 2.24) is 10.3 Å². The quantitative estimate of drug-likeness (QED) is 0.333. The largest absolute Gasteiger partial charge is 0.493 e. The van der Waals surface area contributed by atoms with E-state index in [9.17, 15) is 4.79 Å². The second-order valence-electron chi connectivity index (χ2n) is 7.89. The van der Waals surface area contributed by atoms with Crippen LogP contribution in [0.4, 0.5) is 5.69 Å². The zero-order chi connectivity index (χ0) is 24.9. The number of aryl methyl sites for hydroxylation is 2. The Morgan fingerprint density at radius 2 is 1.60 bits per heavy atom. The highest BCUT2D eigenvalue weighted by Gasteiger charge is 2.13. The van der Waals surface area contributed by atoms with E-state index in [0.717, 1.165) is 22.0 Å². The number of methoxy groups -OCH3 is 2. The normalized spacial score (nSPS) is 10.5. The number of anilines is 1. The number of amides is 1. The van der Waals surface area contributed by atoms with Gasteiger partial charge in [0, 0.05) is 28.9 Å². The third kappa shape index (κ3) is 5.50. The lowest BCUT2D eigenvalue weighted by Gasteiger charge is -2.13. The summed E-state index contributed by atoms with van der Waals surface area (Å²) in [6, 6.07) is 18.3. The fourth-order valence-electron chi connectivity index (χ4n) is 3.67. The van der Waals surface area contributed by atoms with Crippen molar-refractivity contribution in [2.75, 3.05) is 19.5 Å². The first-order valence-corrected chi connectivity index (χ1v) is 11.3. The Hall–Kier alpha value is -4.17. The van der Waals surface area contributed by atoms with E-state index in [1.807, 2.05) is 56.3 Å². The lowest BCUT2D eigenvalue weighted by molar-refractivity contribution is 0.0977. The summed E-state index contributed by atoms with van der Waals surface area (Å²) >= 11 is 5.31. The number of benzene rings is 3. The van der Waals surface area contributed by atoms with Gasteiger partial charge in [-0.3, -0.25) is 15.1 Å². The van der Waals surface area contributed by atoms with E-state index in [0.29, 0.717) is 34.2 Å². The van der Waals surface area contributed by atoms with Crippen LogP contribution in [0.15, 0.2) is 66.9 Å². The van der Waals surface area contributed by atoms with Crippen molar-refractivity contribution in [3.05, 3.63) is 83.6 Å². The molecule has 0 saturated carbocycles. The summed E-state index contributed by atoms with van der Waals surface area (Å²) in [5.74, 6) is 2.20. The monoisotopic (exact) mass is 487 g/mol. The van der Waals surface area contributed by atoms with Crippen molar-refractivity contribution in [3.63, 3.8) is 0 Å². The van der Waals surface area contributed by atoms with E-state index in [-0.39, 0.29) is 11.0 Å². The highest BCUT2D eigenvalue weighted by atomic mass is 32.1. The molecule has 0 saturated heterocycles. The van der Waals surface area contributed by atoms with E-state index in [2.05, 4.69) is 15.6 Å². The Morgan fingerprint density at radius 1 is 0.886 bits per heavy atom. The maximum atomic E-state index is 12.5. The zero-order valence-electron chi connectivity index (χ0n) is 19.8. The van der Waals surface area contributed by atoms with Crippen molar-refractivity contribution in [2.24, 2.45) is 0 Å². The number of hydrogen-bond donors (Lipinski definition) is 2. The van der Waals surface area contributed by atoms with Gasteiger partial charge in [-0.15, -0.1) is 0 Å². The highest BCUT2D eigenvalue weighted by molar-refractivity contribution is 7.80. The molecule has 4 rings (SSSR count). The van der Waals surface area contributed by atoms with Crippen molar-refractivity contribution in [1.29, 1.82) is 0 Å². The molecule has 0 bridgehead atoms. The Labute approximate surface area is 209 Å². The van der Waals surface area contributed by atoms with Gasteiger partial charge in [0.1, 0.15) is 11.5 Å². The van der Waals surface area contributed by atoms with Gasteiger partial charge in [-0.1, -0.05) is 17.7 Å².